The van der Waals surface area contributed by atoms with Gasteiger partial charge in [0, 0.05) is 52.0 Å². The average molecular weight is 804 g/mol. The predicted molar refractivity (Wildman–Crippen MR) is 214 cm³/mol. The molecule has 1 aliphatic carbocycles. The number of fused-ring (bicyclic) bond motifs is 1. The largest absolute Gasteiger partial charge is 0.456 e. The van der Waals surface area contributed by atoms with Gasteiger partial charge in [-0.15, -0.1) is 6.58 Å². The minimum absolute atomic E-state index is 0.00222. The maximum absolute atomic E-state index is 14.2. The Hall–Kier alpha value is -3.07. The zero-order chi connectivity index (χ0) is 42.6. The van der Waals surface area contributed by atoms with E-state index in [-0.39, 0.29) is 49.5 Å². The fourth-order valence-corrected chi connectivity index (χ4v) is 8.82. The molecule has 0 aromatic rings. The second kappa shape index (κ2) is 22.9. The molecule has 1 amide bonds. The normalized spacial score (nSPS) is 37.8. The zero-order valence-corrected chi connectivity index (χ0v) is 35.4. The number of hydrogen-bond acceptors (Lipinski definition) is 12. The van der Waals surface area contributed by atoms with Crippen LogP contribution in [0.15, 0.2) is 36.0 Å². The second-order valence-corrected chi connectivity index (χ2v) is 16.8. The van der Waals surface area contributed by atoms with Crippen LogP contribution in [-0.4, -0.2) is 126 Å². The van der Waals surface area contributed by atoms with E-state index in [9.17, 15) is 39.3 Å². The van der Waals surface area contributed by atoms with Crippen molar-refractivity contribution in [2.45, 2.75) is 154 Å². The molecule has 13 atom stereocenters. The average Bonchev–Trinajstić information content (AvgIpc) is 3.19. The number of nitrogens with zero attached hydrogens (tertiary/aromatic N) is 1. The van der Waals surface area contributed by atoms with Crippen LogP contribution in [0.4, 0.5) is 0 Å². The Morgan fingerprint density at radius 2 is 1.53 bits per heavy atom. The monoisotopic (exact) mass is 803 g/mol. The van der Waals surface area contributed by atoms with Crippen LogP contribution < -0.4 is 0 Å². The molecule has 0 spiro atoms. The van der Waals surface area contributed by atoms with Crippen LogP contribution in [0.1, 0.15) is 105 Å². The number of methoxy groups -OCH3 is 3. The van der Waals surface area contributed by atoms with Crippen molar-refractivity contribution in [3.63, 3.8) is 0 Å². The summed E-state index contributed by atoms with van der Waals surface area (Å²) in [6.45, 7) is 12.9. The number of aliphatic hydroxyl groups is 3. The molecule has 2 fully saturated rings. The van der Waals surface area contributed by atoms with Crippen LogP contribution in [-0.2, 0) is 42.9 Å². The standard InChI is InChI=1S/C44H69NO12/c1-10-13-31-19-25(2)18-26(3)20-37(55-8)40(50)38(56-9)22-27(4)39(49)41(51)43(52)45-17-12-11-14-32(45)44(53)57-42(29(6)34(47)24-35(31)48)28(5)21-30-15-16-33(46)36(23-30)54-7/h10,19,21,26-27,29-34,36-38,40,42,46-47,50H,1,11-18,20,22-24H2,2-9H3/b25-19+,28-21+/t26-,27+,29+,30-,31+,32-,33+,34-,36+,37-,38-,40+,42+/m0/s1. The molecule has 13 heteroatoms. The number of cyclic esters (lactones) is 1. The lowest BCUT2D eigenvalue weighted by Crippen LogP contribution is -2.53. The van der Waals surface area contributed by atoms with Crippen molar-refractivity contribution in [3.8, 4) is 0 Å². The van der Waals surface area contributed by atoms with Gasteiger partial charge in [-0.25, -0.2) is 4.79 Å². The van der Waals surface area contributed by atoms with Gasteiger partial charge in [0.1, 0.15) is 24.0 Å². The SMILES string of the molecule is C=CC[C@@H]1/C=C(\C)C[C@H](C)C[C@H](OC)[C@@H](O)[C@@H](OC)C[C@@H](C)C(=O)C(=O)C(=O)N2CCCC[C@H]2C(=O)O[C@H](/C(C)=C/[C@@H]2CC[C@@H](O)[C@H](OC)C2)[C@H](C)[C@@H](O)CC1=O. The summed E-state index contributed by atoms with van der Waals surface area (Å²) < 4.78 is 23.0. The van der Waals surface area contributed by atoms with Crippen molar-refractivity contribution >= 4 is 29.2 Å². The summed E-state index contributed by atoms with van der Waals surface area (Å²) in [4.78, 5) is 69.9. The molecule has 13 nitrogen and oxygen atoms in total. The van der Waals surface area contributed by atoms with Crippen molar-refractivity contribution in [1.82, 2.24) is 4.90 Å². The van der Waals surface area contributed by atoms with Crippen LogP contribution in [0.3, 0.4) is 0 Å². The Morgan fingerprint density at radius 1 is 0.877 bits per heavy atom. The number of amides is 1. The molecular formula is C44H69NO12. The number of ether oxygens (including phenoxy) is 4. The molecule has 1 saturated heterocycles. The number of allylic oxidation sites excluding steroid dienone is 4. The van der Waals surface area contributed by atoms with Gasteiger partial charge in [0.15, 0.2) is 0 Å². The van der Waals surface area contributed by atoms with Crippen LogP contribution in [0.2, 0.25) is 0 Å². The van der Waals surface area contributed by atoms with Gasteiger partial charge in [0.25, 0.3) is 11.7 Å². The maximum Gasteiger partial charge on any atom is 0.329 e. The zero-order valence-electron chi connectivity index (χ0n) is 35.4. The molecule has 2 aliphatic heterocycles. The topological polar surface area (TPSA) is 186 Å². The van der Waals surface area contributed by atoms with Gasteiger partial charge in [-0.2, -0.15) is 0 Å². The maximum atomic E-state index is 14.2. The van der Waals surface area contributed by atoms with E-state index in [1.54, 1.807) is 27.0 Å². The highest BCUT2D eigenvalue weighted by atomic mass is 16.5. The highest BCUT2D eigenvalue weighted by Gasteiger charge is 2.42. The Morgan fingerprint density at radius 3 is 2.16 bits per heavy atom. The molecule has 0 radical (unpaired) electrons. The first kappa shape index (κ1) is 48.3. The van der Waals surface area contributed by atoms with Crippen LogP contribution in [0.25, 0.3) is 0 Å². The molecule has 3 N–H and O–H groups in total. The molecule has 57 heavy (non-hydrogen) atoms. The number of rotatable bonds is 7. The van der Waals surface area contributed by atoms with Gasteiger partial charge >= 0.3 is 5.97 Å². The Kier molecular flexibility index (Phi) is 19.4. The highest BCUT2D eigenvalue weighted by Crippen LogP contribution is 2.33. The predicted octanol–water partition coefficient (Wildman–Crippen LogP) is 4.48. The molecule has 1 saturated carbocycles. The van der Waals surface area contributed by atoms with Gasteiger partial charge in [0.2, 0.25) is 5.78 Å². The highest BCUT2D eigenvalue weighted by molar-refractivity contribution is 6.63. The van der Waals surface area contributed by atoms with Crippen LogP contribution in [0.5, 0.6) is 0 Å². The molecule has 0 unspecified atom stereocenters. The Bertz CT molecular complexity index is 1460. The van der Waals surface area contributed by atoms with E-state index in [4.69, 9.17) is 18.9 Å². The molecule has 0 bridgehead atoms. The number of piperidine rings is 1. The summed E-state index contributed by atoms with van der Waals surface area (Å²) in [6.07, 6.45) is 3.68. The number of aliphatic hydroxyl groups excluding tert-OH is 3. The van der Waals surface area contributed by atoms with Gasteiger partial charge < -0.3 is 39.2 Å². The van der Waals surface area contributed by atoms with Gasteiger partial charge in [0.05, 0.1) is 30.5 Å². The van der Waals surface area contributed by atoms with E-state index in [0.29, 0.717) is 56.9 Å². The third-order valence-corrected chi connectivity index (χ3v) is 12.3. The number of carbonyl (C=O) groups is 5. The lowest BCUT2D eigenvalue weighted by molar-refractivity contribution is -0.165. The first-order chi connectivity index (χ1) is 27.0. The molecule has 2 heterocycles. The van der Waals surface area contributed by atoms with E-state index >= 15 is 0 Å². The summed E-state index contributed by atoms with van der Waals surface area (Å²) in [5.41, 5.74) is 1.57. The number of esters is 1. The fourth-order valence-electron chi connectivity index (χ4n) is 8.82. The summed E-state index contributed by atoms with van der Waals surface area (Å²) in [6, 6.07) is -1.16. The van der Waals surface area contributed by atoms with Crippen molar-refractivity contribution in [2.75, 3.05) is 27.9 Å². The van der Waals surface area contributed by atoms with E-state index in [2.05, 4.69) is 6.58 Å². The van der Waals surface area contributed by atoms with E-state index in [1.165, 1.54) is 21.1 Å². The minimum Gasteiger partial charge on any atom is -0.456 e. The summed E-state index contributed by atoms with van der Waals surface area (Å²) in [7, 11) is 4.42. The Balaban J connectivity index is 2.07. The molecule has 322 valence electrons. The van der Waals surface area contributed by atoms with Gasteiger partial charge in [-0.1, -0.05) is 44.6 Å². The molecule has 3 aliphatic rings. The third kappa shape index (κ3) is 13.2. The van der Waals surface area contributed by atoms with E-state index in [1.807, 2.05) is 26.0 Å². The molecule has 3 rings (SSSR count). The lowest BCUT2D eigenvalue weighted by Gasteiger charge is -2.36. The van der Waals surface area contributed by atoms with Crippen molar-refractivity contribution < 1.29 is 58.2 Å². The first-order valence-corrected chi connectivity index (χ1v) is 20.7. The van der Waals surface area contributed by atoms with Crippen LogP contribution in [0, 0.1) is 29.6 Å². The third-order valence-electron chi connectivity index (χ3n) is 12.3. The van der Waals surface area contributed by atoms with E-state index in [0.717, 1.165) is 10.5 Å². The summed E-state index contributed by atoms with van der Waals surface area (Å²) in [5.74, 6) is -6.64. The first-order valence-electron chi connectivity index (χ1n) is 20.7. The molecular weight excluding hydrogens is 734 g/mol. The van der Waals surface area contributed by atoms with Gasteiger partial charge in [-0.3, -0.25) is 19.2 Å². The fraction of sp³-hybridized carbons (Fsp3) is 0.750. The summed E-state index contributed by atoms with van der Waals surface area (Å²) in [5, 5.41) is 33.4. The van der Waals surface area contributed by atoms with Crippen LogP contribution >= 0.6 is 0 Å². The Labute approximate surface area is 339 Å². The smallest absolute Gasteiger partial charge is 0.329 e. The van der Waals surface area contributed by atoms with Gasteiger partial charge in [-0.05, 0) is 95.5 Å². The number of hydrogen-bond donors (Lipinski definition) is 3. The number of carbonyl (C=O) groups excluding carboxylic acids is 5. The quantitative estimate of drug-likeness (QED) is 0.187. The van der Waals surface area contributed by atoms with Crippen molar-refractivity contribution in [2.24, 2.45) is 29.6 Å². The second-order valence-electron chi connectivity index (χ2n) is 16.8. The van der Waals surface area contributed by atoms with Crippen molar-refractivity contribution in [3.05, 3.63) is 36.0 Å². The van der Waals surface area contributed by atoms with E-state index < -0.39 is 83.9 Å². The lowest BCUT2D eigenvalue weighted by atomic mass is 9.81. The molecule has 0 aromatic carbocycles. The minimum atomic E-state index is -1.26. The van der Waals surface area contributed by atoms with Crippen molar-refractivity contribution in [1.29, 1.82) is 0 Å². The number of ketones is 3. The summed E-state index contributed by atoms with van der Waals surface area (Å²) >= 11 is 0. The molecule has 0 aromatic heterocycles. The number of Topliss-reactive ketones (excluding diaryl/α,β-unsaturated/α-hetero) is 3.